The summed E-state index contributed by atoms with van der Waals surface area (Å²) < 4.78 is 0. The molecule has 2 N–H and O–H groups in total. The molecule has 6 nitrogen and oxygen atoms in total. The van der Waals surface area contributed by atoms with Crippen molar-refractivity contribution in [2.45, 2.75) is 38.8 Å². The van der Waals surface area contributed by atoms with Gasteiger partial charge in [0.15, 0.2) is 0 Å². The molecule has 1 aromatic heterocycles. The number of aliphatic carboxylic acids is 1. The van der Waals surface area contributed by atoms with E-state index >= 15 is 0 Å². The summed E-state index contributed by atoms with van der Waals surface area (Å²) in [6.45, 7) is 2.57. The van der Waals surface area contributed by atoms with Crippen LogP contribution in [-0.4, -0.2) is 39.6 Å². The van der Waals surface area contributed by atoms with Gasteiger partial charge in [-0.25, -0.2) is 9.78 Å². The number of urea groups is 1. The quantitative estimate of drug-likeness (QED) is 0.830. The maximum absolute atomic E-state index is 12.0. The number of hydrogen-bond donors (Lipinski definition) is 2. The molecule has 1 aliphatic carbocycles. The Morgan fingerprint density at radius 2 is 2.32 bits per heavy atom. The average Bonchev–Trinajstić information content (AvgIpc) is 3.09. The van der Waals surface area contributed by atoms with E-state index in [1.54, 1.807) is 16.2 Å². The van der Waals surface area contributed by atoms with Gasteiger partial charge in [0.1, 0.15) is 0 Å². The Balaban J connectivity index is 1.83. The second-order valence-electron chi connectivity index (χ2n) is 4.58. The molecule has 0 saturated heterocycles. The molecule has 2 rings (SSSR count). The minimum atomic E-state index is -0.881. The number of nitrogens with zero attached hydrogens (tertiary/aromatic N) is 2. The molecule has 1 fully saturated rings. The molecule has 104 valence electrons. The molecular weight excluding hydrogens is 266 g/mol. The highest BCUT2D eigenvalue weighted by Crippen LogP contribution is 2.27. The summed E-state index contributed by atoms with van der Waals surface area (Å²) in [4.78, 5) is 28.5. The average molecular weight is 283 g/mol. The Hall–Kier alpha value is -1.63. The fraction of sp³-hybridized carbons (Fsp3) is 0.583. The van der Waals surface area contributed by atoms with E-state index in [0.717, 1.165) is 23.5 Å². The second-order valence-corrected chi connectivity index (χ2v) is 5.65. The van der Waals surface area contributed by atoms with Crippen molar-refractivity contribution in [3.63, 3.8) is 0 Å². The van der Waals surface area contributed by atoms with E-state index in [-0.39, 0.29) is 25.0 Å². The number of carboxylic acids is 1. The van der Waals surface area contributed by atoms with Crippen molar-refractivity contribution >= 4 is 23.3 Å². The third kappa shape index (κ3) is 4.20. The standard InChI is InChI=1S/C12H17N3O3S/c1-8-14-9(7-19-8)6-13-12(18)15(10-2-3-10)5-4-11(16)17/h7,10H,2-6H2,1H3,(H,13,18)(H,16,17). The Kier molecular flexibility index (Phi) is 4.36. The molecule has 0 aromatic carbocycles. The first-order valence-corrected chi connectivity index (χ1v) is 7.11. The minimum Gasteiger partial charge on any atom is -0.481 e. The first kappa shape index (κ1) is 13.8. The Morgan fingerprint density at radius 3 is 2.84 bits per heavy atom. The monoisotopic (exact) mass is 283 g/mol. The van der Waals surface area contributed by atoms with E-state index in [2.05, 4.69) is 10.3 Å². The summed E-state index contributed by atoms with van der Waals surface area (Å²) in [6, 6.07) is 0.00548. The Bertz CT molecular complexity index is 471. The molecule has 0 atom stereocenters. The number of thiazole rings is 1. The van der Waals surface area contributed by atoms with Gasteiger partial charge in [0.25, 0.3) is 0 Å². The third-order valence-electron chi connectivity index (χ3n) is 2.90. The molecule has 1 saturated carbocycles. The first-order chi connectivity index (χ1) is 9.06. The van der Waals surface area contributed by atoms with Crippen molar-refractivity contribution in [3.8, 4) is 0 Å². The molecule has 1 aromatic rings. The van der Waals surface area contributed by atoms with E-state index in [1.165, 1.54) is 0 Å². The van der Waals surface area contributed by atoms with Crippen LogP contribution >= 0.6 is 11.3 Å². The van der Waals surface area contributed by atoms with Crippen molar-refractivity contribution < 1.29 is 14.7 Å². The predicted molar refractivity (Wildman–Crippen MR) is 71.1 cm³/mol. The van der Waals surface area contributed by atoms with Crippen molar-refractivity contribution in [2.24, 2.45) is 0 Å². The van der Waals surface area contributed by atoms with Crippen LogP contribution in [0.2, 0.25) is 0 Å². The molecule has 1 heterocycles. The fourth-order valence-electron chi connectivity index (χ4n) is 1.81. The normalized spacial score (nSPS) is 14.2. The molecule has 0 bridgehead atoms. The molecule has 2 amide bonds. The maximum Gasteiger partial charge on any atom is 0.317 e. The lowest BCUT2D eigenvalue weighted by Gasteiger charge is -2.21. The number of aromatic nitrogens is 1. The highest BCUT2D eigenvalue weighted by Gasteiger charge is 2.32. The van der Waals surface area contributed by atoms with Gasteiger partial charge in [-0.15, -0.1) is 11.3 Å². The van der Waals surface area contributed by atoms with Gasteiger partial charge >= 0.3 is 12.0 Å². The predicted octanol–water partition coefficient (Wildman–Crippen LogP) is 1.60. The summed E-state index contributed by atoms with van der Waals surface area (Å²) >= 11 is 1.54. The van der Waals surface area contributed by atoms with E-state index in [4.69, 9.17) is 5.11 Å². The van der Waals surface area contributed by atoms with E-state index in [1.807, 2.05) is 12.3 Å². The van der Waals surface area contributed by atoms with Gasteiger partial charge in [-0.05, 0) is 19.8 Å². The summed E-state index contributed by atoms with van der Waals surface area (Å²) in [5, 5.41) is 14.4. The van der Waals surface area contributed by atoms with E-state index < -0.39 is 5.97 Å². The van der Waals surface area contributed by atoms with Crippen molar-refractivity contribution in [1.82, 2.24) is 15.2 Å². The van der Waals surface area contributed by atoms with Crippen LogP contribution in [0, 0.1) is 6.92 Å². The lowest BCUT2D eigenvalue weighted by Crippen LogP contribution is -2.42. The molecular formula is C12H17N3O3S. The van der Waals surface area contributed by atoms with Crippen LogP contribution in [0.4, 0.5) is 4.79 Å². The highest BCUT2D eigenvalue weighted by molar-refractivity contribution is 7.09. The number of carbonyl (C=O) groups is 2. The lowest BCUT2D eigenvalue weighted by molar-refractivity contribution is -0.137. The smallest absolute Gasteiger partial charge is 0.317 e. The molecule has 19 heavy (non-hydrogen) atoms. The van der Waals surface area contributed by atoms with E-state index in [0.29, 0.717) is 6.54 Å². The minimum absolute atomic E-state index is 0.0142. The second kappa shape index (κ2) is 6.01. The summed E-state index contributed by atoms with van der Waals surface area (Å²) in [6.07, 6.45) is 1.91. The summed E-state index contributed by atoms with van der Waals surface area (Å²) in [7, 11) is 0. The number of hydrogen-bond acceptors (Lipinski definition) is 4. The largest absolute Gasteiger partial charge is 0.481 e. The number of aryl methyl sites for hydroxylation is 1. The van der Waals surface area contributed by atoms with Crippen LogP contribution in [0.1, 0.15) is 30.0 Å². The van der Waals surface area contributed by atoms with Gasteiger partial charge in [-0.3, -0.25) is 4.79 Å². The van der Waals surface area contributed by atoms with Crippen LogP contribution in [0.15, 0.2) is 5.38 Å². The zero-order chi connectivity index (χ0) is 13.8. The molecule has 0 radical (unpaired) electrons. The Labute approximate surface area is 115 Å². The van der Waals surface area contributed by atoms with Gasteiger partial charge in [0, 0.05) is 18.0 Å². The fourth-order valence-corrected chi connectivity index (χ4v) is 2.42. The van der Waals surface area contributed by atoms with Crippen molar-refractivity contribution in [2.75, 3.05) is 6.54 Å². The number of carbonyl (C=O) groups excluding carboxylic acids is 1. The van der Waals surface area contributed by atoms with Gasteiger partial charge < -0.3 is 15.3 Å². The van der Waals surface area contributed by atoms with Gasteiger partial charge in [-0.1, -0.05) is 0 Å². The van der Waals surface area contributed by atoms with Gasteiger partial charge in [-0.2, -0.15) is 0 Å². The third-order valence-corrected chi connectivity index (χ3v) is 3.72. The molecule has 1 aliphatic rings. The van der Waals surface area contributed by atoms with Crippen LogP contribution in [0.3, 0.4) is 0 Å². The maximum atomic E-state index is 12.0. The zero-order valence-electron chi connectivity index (χ0n) is 10.8. The first-order valence-electron chi connectivity index (χ1n) is 6.23. The van der Waals surface area contributed by atoms with E-state index in [9.17, 15) is 9.59 Å². The van der Waals surface area contributed by atoms with Gasteiger partial charge in [0.05, 0.1) is 23.7 Å². The number of nitrogens with one attached hydrogen (secondary N) is 1. The van der Waals surface area contributed by atoms with Crippen LogP contribution in [0.5, 0.6) is 0 Å². The lowest BCUT2D eigenvalue weighted by atomic mass is 10.4. The zero-order valence-corrected chi connectivity index (χ0v) is 11.6. The number of rotatable bonds is 6. The molecule has 7 heteroatoms. The highest BCUT2D eigenvalue weighted by atomic mass is 32.1. The molecule has 0 unspecified atom stereocenters. The number of amides is 2. The summed E-state index contributed by atoms with van der Waals surface area (Å²) in [5.74, 6) is -0.881. The topological polar surface area (TPSA) is 82.5 Å². The van der Waals surface area contributed by atoms with Crippen LogP contribution < -0.4 is 5.32 Å². The Morgan fingerprint density at radius 1 is 1.58 bits per heavy atom. The van der Waals surface area contributed by atoms with Crippen molar-refractivity contribution in [1.29, 1.82) is 0 Å². The number of carboxylic acid groups (broad SMARTS) is 1. The van der Waals surface area contributed by atoms with Crippen molar-refractivity contribution in [3.05, 3.63) is 16.1 Å². The SMILES string of the molecule is Cc1nc(CNC(=O)N(CCC(=O)O)C2CC2)cs1. The molecule has 0 aliphatic heterocycles. The molecule has 0 spiro atoms. The summed E-state index contributed by atoms with van der Waals surface area (Å²) in [5.41, 5.74) is 0.838. The van der Waals surface area contributed by atoms with Crippen LogP contribution in [-0.2, 0) is 11.3 Å². The van der Waals surface area contributed by atoms with Crippen LogP contribution in [0.25, 0.3) is 0 Å². The van der Waals surface area contributed by atoms with Gasteiger partial charge in [0.2, 0.25) is 0 Å².